The molecule has 0 aromatic heterocycles. The topological polar surface area (TPSA) is 26.0 Å². The van der Waals surface area contributed by atoms with Crippen molar-refractivity contribution in [2.24, 2.45) is 5.73 Å². The molecule has 98 valence electrons. The van der Waals surface area contributed by atoms with Crippen LogP contribution in [0.4, 0.5) is 13.2 Å². The molecule has 1 rings (SSSR count). The van der Waals surface area contributed by atoms with E-state index < -0.39 is 11.7 Å². The summed E-state index contributed by atoms with van der Waals surface area (Å²) >= 11 is 0. The normalized spacial score (nSPS) is 13.1. The molecule has 5 heteroatoms. The zero-order valence-electron chi connectivity index (χ0n) is 9.84. The zero-order chi connectivity index (χ0) is 12.3. The number of alkyl halides is 3. The van der Waals surface area contributed by atoms with Crippen molar-refractivity contribution in [1.29, 1.82) is 0 Å². The van der Waals surface area contributed by atoms with E-state index in [9.17, 15) is 13.2 Å². The van der Waals surface area contributed by atoms with Gasteiger partial charge in [-0.2, -0.15) is 13.2 Å². The largest absolute Gasteiger partial charge is 0.416 e. The Morgan fingerprint density at radius 2 is 1.88 bits per heavy atom. The molecule has 0 radical (unpaired) electrons. The Bertz CT molecular complexity index is 363. The van der Waals surface area contributed by atoms with Crippen molar-refractivity contribution in [3.05, 3.63) is 34.9 Å². The van der Waals surface area contributed by atoms with Crippen LogP contribution < -0.4 is 5.73 Å². The number of hydrogen-bond acceptors (Lipinski definition) is 1. The number of benzene rings is 1. The van der Waals surface area contributed by atoms with Crippen LogP contribution in [0, 0.1) is 6.92 Å². The van der Waals surface area contributed by atoms with Gasteiger partial charge in [-0.3, -0.25) is 0 Å². The van der Waals surface area contributed by atoms with Crippen molar-refractivity contribution in [2.75, 3.05) is 0 Å². The standard InChI is InChI=1S/C12H16F3N.ClH/c1-3-10(16)6-9-5-4-8(2)11(7-9)12(13,14)15;/h4-5,7,10H,3,6,16H2,1-2H3;1H. The Morgan fingerprint density at radius 3 is 2.35 bits per heavy atom. The lowest BCUT2D eigenvalue weighted by Gasteiger charge is -2.14. The molecule has 0 bridgehead atoms. The summed E-state index contributed by atoms with van der Waals surface area (Å²) in [6.07, 6.45) is -3.04. The van der Waals surface area contributed by atoms with Gasteiger partial charge in [0.1, 0.15) is 0 Å². The van der Waals surface area contributed by atoms with Gasteiger partial charge in [0.25, 0.3) is 0 Å². The minimum atomic E-state index is -4.28. The maximum atomic E-state index is 12.6. The first kappa shape index (κ1) is 16.3. The number of aryl methyl sites for hydroxylation is 1. The summed E-state index contributed by atoms with van der Waals surface area (Å²) < 4.78 is 37.9. The molecule has 0 saturated heterocycles. The molecule has 0 aliphatic heterocycles. The third kappa shape index (κ3) is 4.56. The molecule has 1 nitrogen and oxygen atoms in total. The van der Waals surface area contributed by atoms with E-state index in [0.29, 0.717) is 12.0 Å². The Morgan fingerprint density at radius 1 is 1.29 bits per heavy atom. The van der Waals surface area contributed by atoms with Gasteiger partial charge >= 0.3 is 6.18 Å². The highest BCUT2D eigenvalue weighted by Crippen LogP contribution is 2.32. The fourth-order valence-electron chi connectivity index (χ4n) is 1.55. The smallest absolute Gasteiger partial charge is 0.327 e. The van der Waals surface area contributed by atoms with Gasteiger partial charge in [-0.1, -0.05) is 19.1 Å². The van der Waals surface area contributed by atoms with Crippen LogP contribution in [0.3, 0.4) is 0 Å². The van der Waals surface area contributed by atoms with Crippen LogP contribution in [0.25, 0.3) is 0 Å². The summed E-state index contributed by atoms with van der Waals surface area (Å²) in [7, 11) is 0. The Kier molecular flexibility index (Phi) is 5.99. The molecule has 17 heavy (non-hydrogen) atoms. The predicted octanol–water partition coefficient (Wildman–Crippen LogP) is 3.72. The highest BCUT2D eigenvalue weighted by atomic mass is 35.5. The van der Waals surface area contributed by atoms with Crippen molar-refractivity contribution >= 4 is 12.4 Å². The first-order chi connectivity index (χ1) is 7.34. The van der Waals surface area contributed by atoms with Crippen molar-refractivity contribution in [2.45, 2.75) is 38.9 Å². The highest BCUT2D eigenvalue weighted by molar-refractivity contribution is 5.85. The minimum absolute atomic E-state index is 0. The third-order valence-electron chi connectivity index (χ3n) is 2.63. The van der Waals surface area contributed by atoms with Crippen LogP contribution in [-0.2, 0) is 12.6 Å². The maximum Gasteiger partial charge on any atom is 0.416 e. The van der Waals surface area contributed by atoms with Gasteiger partial charge in [0.2, 0.25) is 0 Å². The van der Waals surface area contributed by atoms with Crippen molar-refractivity contribution in [1.82, 2.24) is 0 Å². The second-order valence-corrected chi connectivity index (χ2v) is 4.02. The van der Waals surface area contributed by atoms with Crippen molar-refractivity contribution in [3.8, 4) is 0 Å². The van der Waals surface area contributed by atoms with E-state index in [1.54, 1.807) is 6.07 Å². The fourth-order valence-corrected chi connectivity index (χ4v) is 1.55. The molecule has 0 aliphatic carbocycles. The molecule has 0 fully saturated rings. The summed E-state index contributed by atoms with van der Waals surface area (Å²) in [6, 6.07) is 4.33. The molecule has 1 aromatic carbocycles. The van der Waals surface area contributed by atoms with Crippen LogP contribution in [0.15, 0.2) is 18.2 Å². The average Bonchev–Trinajstić information content (AvgIpc) is 2.19. The summed E-state index contributed by atoms with van der Waals surface area (Å²) in [4.78, 5) is 0. The molecule has 1 atom stereocenters. The Labute approximate surface area is 106 Å². The average molecular weight is 268 g/mol. The van der Waals surface area contributed by atoms with E-state index in [1.807, 2.05) is 6.92 Å². The van der Waals surface area contributed by atoms with E-state index >= 15 is 0 Å². The zero-order valence-corrected chi connectivity index (χ0v) is 10.7. The molecule has 0 amide bonds. The summed E-state index contributed by atoms with van der Waals surface area (Å²) in [5.41, 5.74) is 6.06. The van der Waals surface area contributed by atoms with Crippen LogP contribution in [-0.4, -0.2) is 6.04 Å². The molecule has 1 unspecified atom stereocenters. The summed E-state index contributed by atoms with van der Waals surface area (Å²) in [6.45, 7) is 3.38. The van der Waals surface area contributed by atoms with E-state index in [0.717, 1.165) is 6.42 Å². The number of nitrogens with two attached hydrogens (primary N) is 1. The van der Waals surface area contributed by atoms with E-state index in [-0.39, 0.29) is 24.0 Å². The van der Waals surface area contributed by atoms with Gasteiger partial charge in [0.15, 0.2) is 0 Å². The number of hydrogen-bond donors (Lipinski definition) is 1. The maximum absolute atomic E-state index is 12.6. The van der Waals surface area contributed by atoms with Gasteiger partial charge < -0.3 is 5.73 Å². The summed E-state index contributed by atoms with van der Waals surface area (Å²) in [5, 5.41) is 0. The van der Waals surface area contributed by atoms with Crippen molar-refractivity contribution in [3.63, 3.8) is 0 Å². The predicted molar refractivity (Wildman–Crippen MR) is 65.4 cm³/mol. The molecular formula is C12H17ClF3N. The first-order valence-corrected chi connectivity index (χ1v) is 5.27. The third-order valence-corrected chi connectivity index (χ3v) is 2.63. The van der Waals surface area contributed by atoms with Crippen LogP contribution in [0.5, 0.6) is 0 Å². The molecule has 1 aromatic rings. The first-order valence-electron chi connectivity index (χ1n) is 5.27. The van der Waals surface area contributed by atoms with E-state index in [4.69, 9.17) is 5.73 Å². The molecule has 0 aliphatic rings. The van der Waals surface area contributed by atoms with E-state index in [2.05, 4.69) is 0 Å². The quantitative estimate of drug-likeness (QED) is 0.888. The van der Waals surface area contributed by atoms with Crippen molar-refractivity contribution < 1.29 is 13.2 Å². The fraction of sp³-hybridized carbons (Fsp3) is 0.500. The number of halogens is 4. The molecular weight excluding hydrogens is 251 g/mol. The molecule has 0 heterocycles. The highest BCUT2D eigenvalue weighted by Gasteiger charge is 2.32. The second-order valence-electron chi connectivity index (χ2n) is 4.02. The SMILES string of the molecule is CCC(N)Cc1ccc(C)c(C(F)(F)F)c1.Cl. The lowest BCUT2D eigenvalue weighted by molar-refractivity contribution is -0.138. The summed E-state index contributed by atoms with van der Waals surface area (Å²) in [5.74, 6) is 0. The minimum Gasteiger partial charge on any atom is -0.327 e. The van der Waals surface area contributed by atoms with Crippen LogP contribution >= 0.6 is 12.4 Å². The molecule has 2 N–H and O–H groups in total. The lowest BCUT2D eigenvalue weighted by Crippen LogP contribution is -2.21. The monoisotopic (exact) mass is 267 g/mol. The van der Waals surface area contributed by atoms with Gasteiger partial charge in [-0.05, 0) is 37.0 Å². The Hall–Kier alpha value is -0.740. The lowest BCUT2D eigenvalue weighted by atomic mass is 9.99. The Balaban J connectivity index is 0.00000256. The van der Waals surface area contributed by atoms with E-state index in [1.165, 1.54) is 19.1 Å². The van der Waals surface area contributed by atoms with Gasteiger partial charge in [-0.15, -0.1) is 12.4 Å². The molecule has 0 spiro atoms. The van der Waals surface area contributed by atoms with Crippen LogP contribution in [0.1, 0.15) is 30.0 Å². The van der Waals surface area contributed by atoms with Gasteiger partial charge in [0, 0.05) is 6.04 Å². The number of rotatable bonds is 3. The van der Waals surface area contributed by atoms with Gasteiger partial charge in [-0.25, -0.2) is 0 Å². The second kappa shape index (κ2) is 6.26. The molecule has 0 saturated carbocycles. The van der Waals surface area contributed by atoms with Crippen LogP contribution in [0.2, 0.25) is 0 Å². The van der Waals surface area contributed by atoms with Gasteiger partial charge in [0.05, 0.1) is 5.56 Å².